The first kappa shape index (κ1) is 9.85. The minimum atomic E-state index is -0.189. The zero-order valence-corrected chi connectivity index (χ0v) is 9.15. The van der Waals surface area contributed by atoms with Gasteiger partial charge >= 0.3 is 0 Å². The number of nitrogens with zero attached hydrogens (tertiary/aromatic N) is 1. The number of hydrogen-bond acceptors (Lipinski definition) is 2. The molecule has 2 unspecified atom stereocenters. The number of nitrogens with two attached hydrogens (primary N) is 1. The largest absolute Gasteiger partial charge is 0.368 e. The molecule has 1 fully saturated rings. The summed E-state index contributed by atoms with van der Waals surface area (Å²) in [5, 5.41) is 0. The average Bonchev–Trinajstić information content (AvgIpc) is 2.76. The number of hydrogen-bond donors (Lipinski definition) is 1. The maximum atomic E-state index is 11.5. The normalized spacial score (nSPS) is 28.5. The Morgan fingerprint density at radius 3 is 3.25 bits per heavy atom. The summed E-state index contributed by atoms with van der Waals surface area (Å²) in [5.74, 6) is -0.189. The summed E-state index contributed by atoms with van der Waals surface area (Å²) in [4.78, 5) is 13.7. The molecule has 1 aromatic rings. The van der Waals surface area contributed by atoms with Crippen LogP contribution in [0.5, 0.6) is 0 Å². The van der Waals surface area contributed by atoms with E-state index in [-0.39, 0.29) is 11.9 Å². The van der Waals surface area contributed by atoms with E-state index in [0.717, 1.165) is 25.8 Å². The van der Waals surface area contributed by atoms with E-state index >= 15 is 0 Å². The number of primary amides is 1. The average molecular weight is 215 g/mol. The Morgan fingerprint density at radius 1 is 1.56 bits per heavy atom. The Morgan fingerprint density at radius 2 is 2.44 bits per heavy atom. The molecule has 2 atom stereocenters. The van der Waals surface area contributed by atoms with Gasteiger partial charge in [0.25, 0.3) is 0 Å². The van der Waals surface area contributed by atoms with Crippen LogP contribution in [0.15, 0.2) is 18.2 Å². The molecule has 0 spiro atoms. The number of fused-ring (bicyclic) bond motifs is 3. The monoisotopic (exact) mass is 215 g/mol. The third-order valence-corrected chi connectivity index (χ3v) is 3.79. The first-order chi connectivity index (χ1) is 7.77. The van der Waals surface area contributed by atoms with Crippen molar-refractivity contribution in [2.45, 2.75) is 31.3 Å². The SMILES string of the molecule is NC(=O)C1Cc2cc[c]cc2C2CCCN12. The molecule has 16 heavy (non-hydrogen) atoms. The van der Waals surface area contributed by atoms with Crippen molar-refractivity contribution < 1.29 is 4.79 Å². The van der Waals surface area contributed by atoms with Crippen molar-refractivity contribution in [3.05, 3.63) is 35.4 Å². The van der Waals surface area contributed by atoms with E-state index in [0.29, 0.717) is 6.04 Å². The van der Waals surface area contributed by atoms with Gasteiger partial charge in [-0.3, -0.25) is 9.69 Å². The number of carbonyl (C=O) groups is 1. The molecule has 0 aromatic heterocycles. The highest BCUT2D eigenvalue weighted by Crippen LogP contribution is 2.39. The fourth-order valence-corrected chi connectivity index (χ4v) is 3.06. The van der Waals surface area contributed by atoms with Gasteiger partial charge in [0, 0.05) is 6.04 Å². The maximum absolute atomic E-state index is 11.5. The van der Waals surface area contributed by atoms with Crippen LogP contribution in [-0.4, -0.2) is 23.4 Å². The highest BCUT2D eigenvalue weighted by atomic mass is 16.1. The molecule has 3 nitrogen and oxygen atoms in total. The smallest absolute Gasteiger partial charge is 0.235 e. The second kappa shape index (κ2) is 3.59. The van der Waals surface area contributed by atoms with Crippen LogP contribution < -0.4 is 5.73 Å². The Kier molecular flexibility index (Phi) is 2.21. The Bertz CT molecular complexity index is 430. The van der Waals surface area contributed by atoms with Gasteiger partial charge in [-0.2, -0.15) is 0 Å². The molecule has 0 bridgehead atoms. The highest BCUT2D eigenvalue weighted by Gasteiger charge is 2.39. The van der Waals surface area contributed by atoms with Crippen molar-refractivity contribution in [2.24, 2.45) is 5.73 Å². The van der Waals surface area contributed by atoms with E-state index in [1.807, 2.05) is 6.07 Å². The Hall–Kier alpha value is -1.35. The first-order valence-corrected chi connectivity index (χ1v) is 5.81. The molecule has 83 valence electrons. The molecular weight excluding hydrogens is 200 g/mol. The van der Waals surface area contributed by atoms with Crippen LogP contribution in [0.2, 0.25) is 0 Å². The number of rotatable bonds is 1. The van der Waals surface area contributed by atoms with Crippen molar-refractivity contribution in [1.29, 1.82) is 0 Å². The highest BCUT2D eigenvalue weighted by molar-refractivity contribution is 5.80. The van der Waals surface area contributed by atoms with E-state index < -0.39 is 0 Å². The van der Waals surface area contributed by atoms with E-state index in [9.17, 15) is 4.79 Å². The minimum absolute atomic E-state index is 0.109. The van der Waals surface area contributed by atoms with Gasteiger partial charge in [-0.05, 0) is 49.1 Å². The van der Waals surface area contributed by atoms with Crippen LogP contribution >= 0.6 is 0 Å². The molecule has 2 aliphatic heterocycles. The molecule has 2 heterocycles. The quantitative estimate of drug-likeness (QED) is 0.760. The molecule has 1 saturated heterocycles. The topological polar surface area (TPSA) is 46.3 Å². The van der Waals surface area contributed by atoms with Crippen LogP contribution in [-0.2, 0) is 11.2 Å². The lowest BCUT2D eigenvalue weighted by Crippen LogP contribution is -2.48. The molecule has 3 rings (SSSR count). The van der Waals surface area contributed by atoms with Gasteiger partial charge in [0.1, 0.15) is 0 Å². The van der Waals surface area contributed by atoms with Gasteiger partial charge in [-0.1, -0.05) is 12.1 Å². The standard InChI is InChI=1S/C13H15N2O/c14-13(16)12-8-9-4-1-2-5-10(9)11-6-3-7-15(11)12/h1,4-5,11-12H,3,6-8H2,(H2,14,16). The molecule has 1 radical (unpaired) electrons. The molecular formula is C13H15N2O. The van der Waals surface area contributed by atoms with E-state index in [2.05, 4.69) is 23.1 Å². The van der Waals surface area contributed by atoms with Crippen molar-refractivity contribution in [3.8, 4) is 0 Å². The molecule has 2 N–H and O–H groups in total. The predicted molar refractivity (Wildman–Crippen MR) is 60.6 cm³/mol. The number of benzene rings is 1. The van der Waals surface area contributed by atoms with Gasteiger partial charge in [-0.25, -0.2) is 0 Å². The summed E-state index contributed by atoms with van der Waals surface area (Å²) >= 11 is 0. The summed E-state index contributed by atoms with van der Waals surface area (Å²) < 4.78 is 0. The lowest BCUT2D eigenvalue weighted by molar-refractivity contribution is -0.124. The van der Waals surface area contributed by atoms with Crippen LogP contribution in [0, 0.1) is 6.07 Å². The second-order valence-corrected chi connectivity index (χ2v) is 4.64. The van der Waals surface area contributed by atoms with Crippen molar-refractivity contribution in [3.63, 3.8) is 0 Å². The third-order valence-electron chi connectivity index (χ3n) is 3.79. The van der Waals surface area contributed by atoms with Crippen LogP contribution in [0.4, 0.5) is 0 Å². The molecule has 3 heteroatoms. The lowest BCUT2D eigenvalue weighted by atomic mass is 9.88. The van der Waals surface area contributed by atoms with Crippen LogP contribution in [0.1, 0.15) is 30.0 Å². The van der Waals surface area contributed by atoms with Crippen molar-refractivity contribution in [2.75, 3.05) is 6.54 Å². The predicted octanol–water partition coefficient (Wildman–Crippen LogP) is 1.03. The van der Waals surface area contributed by atoms with E-state index in [1.54, 1.807) is 0 Å². The van der Waals surface area contributed by atoms with Crippen molar-refractivity contribution in [1.82, 2.24) is 4.90 Å². The first-order valence-electron chi connectivity index (χ1n) is 5.81. The zero-order valence-electron chi connectivity index (χ0n) is 9.15. The Balaban J connectivity index is 2.05. The van der Waals surface area contributed by atoms with Gasteiger partial charge in [-0.15, -0.1) is 0 Å². The zero-order chi connectivity index (χ0) is 11.1. The van der Waals surface area contributed by atoms with Crippen LogP contribution in [0.25, 0.3) is 0 Å². The molecule has 1 aromatic carbocycles. The summed E-state index contributed by atoms with van der Waals surface area (Å²) in [6.45, 7) is 0.993. The summed E-state index contributed by atoms with van der Waals surface area (Å²) in [7, 11) is 0. The summed E-state index contributed by atoms with van der Waals surface area (Å²) in [6, 6.07) is 9.47. The Labute approximate surface area is 95.2 Å². The molecule has 2 aliphatic rings. The van der Waals surface area contributed by atoms with Gasteiger partial charge in [0.2, 0.25) is 5.91 Å². The van der Waals surface area contributed by atoms with Gasteiger partial charge in [0.15, 0.2) is 0 Å². The van der Waals surface area contributed by atoms with E-state index in [1.165, 1.54) is 11.1 Å². The van der Waals surface area contributed by atoms with Gasteiger partial charge in [0.05, 0.1) is 6.04 Å². The van der Waals surface area contributed by atoms with E-state index in [4.69, 9.17) is 5.73 Å². The molecule has 0 saturated carbocycles. The lowest BCUT2D eigenvalue weighted by Gasteiger charge is -2.37. The van der Waals surface area contributed by atoms with Crippen molar-refractivity contribution >= 4 is 5.91 Å². The summed E-state index contributed by atoms with van der Waals surface area (Å²) in [6.07, 6.45) is 3.05. The minimum Gasteiger partial charge on any atom is -0.368 e. The number of amides is 1. The molecule has 0 aliphatic carbocycles. The third kappa shape index (κ3) is 1.35. The fraction of sp³-hybridized carbons (Fsp3) is 0.462. The summed E-state index contributed by atoms with van der Waals surface area (Å²) in [5.41, 5.74) is 8.11. The number of carbonyl (C=O) groups excluding carboxylic acids is 1. The van der Waals surface area contributed by atoms with Gasteiger partial charge < -0.3 is 5.73 Å². The van der Waals surface area contributed by atoms with Crippen LogP contribution in [0.3, 0.4) is 0 Å². The fourth-order valence-electron chi connectivity index (χ4n) is 3.06. The second-order valence-electron chi connectivity index (χ2n) is 4.64. The maximum Gasteiger partial charge on any atom is 0.235 e. The molecule has 1 amide bonds.